The fraction of sp³-hybridized carbons (Fsp3) is 0.455. The van der Waals surface area contributed by atoms with Crippen LogP contribution in [0.1, 0.15) is 35.1 Å². The molecule has 0 saturated carbocycles. The van der Waals surface area contributed by atoms with Crippen molar-refractivity contribution in [3.63, 3.8) is 0 Å². The summed E-state index contributed by atoms with van der Waals surface area (Å²) in [5, 5.41) is 4.97. The third-order valence-corrected chi connectivity index (χ3v) is 12.4. The first-order valence-electron chi connectivity index (χ1n) is 19.3. The zero-order chi connectivity index (χ0) is 34.8. The largest absolute Gasteiger partial charge is 0.314 e. The summed E-state index contributed by atoms with van der Waals surface area (Å²) in [6.07, 6.45) is 6.86. The lowest BCUT2D eigenvalue weighted by Crippen LogP contribution is -2.60. The summed E-state index contributed by atoms with van der Waals surface area (Å²) >= 11 is 12.6. The highest BCUT2D eigenvalue weighted by atomic mass is 35.5. The molecular weight excluding hydrogens is 669 g/mol. The lowest BCUT2D eigenvalue weighted by molar-refractivity contribution is 0.0299. The third kappa shape index (κ3) is 10.2. The van der Waals surface area contributed by atoms with Gasteiger partial charge in [-0.3, -0.25) is 19.6 Å². The van der Waals surface area contributed by atoms with Crippen molar-refractivity contribution >= 4 is 23.2 Å². The van der Waals surface area contributed by atoms with Crippen LogP contribution in [0.3, 0.4) is 0 Å². The molecule has 4 aromatic rings. The molecule has 270 valence electrons. The van der Waals surface area contributed by atoms with E-state index in [1.165, 1.54) is 48.2 Å². The predicted octanol–water partition coefficient (Wildman–Crippen LogP) is 7.36. The topological polar surface area (TPSA) is 25.0 Å². The van der Waals surface area contributed by atoms with Gasteiger partial charge in [0.2, 0.25) is 0 Å². The highest BCUT2D eigenvalue weighted by Gasteiger charge is 2.35. The van der Waals surface area contributed by atoms with E-state index >= 15 is 0 Å². The second-order valence-corrected chi connectivity index (χ2v) is 15.9. The van der Waals surface area contributed by atoms with Gasteiger partial charge in [0.05, 0.1) is 10.0 Å². The first kappa shape index (κ1) is 36.6. The van der Waals surface area contributed by atoms with Gasteiger partial charge in [-0.05, 0) is 79.5 Å². The number of nitrogens with one attached hydrogen (secondary N) is 1. The van der Waals surface area contributed by atoms with Crippen LogP contribution in [-0.4, -0.2) is 109 Å². The summed E-state index contributed by atoms with van der Waals surface area (Å²) in [5.41, 5.74) is 5.57. The highest BCUT2D eigenvalue weighted by Crippen LogP contribution is 2.27. The Balaban J connectivity index is 1.06. The number of hydrogen-bond donors (Lipinski definition) is 1. The summed E-state index contributed by atoms with van der Waals surface area (Å²) in [6.45, 7) is 11.1. The molecule has 1 N–H and O–H groups in total. The van der Waals surface area contributed by atoms with Gasteiger partial charge in [-0.15, -0.1) is 0 Å². The van der Waals surface area contributed by atoms with E-state index in [1.54, 1.807) is 0 Å². The Morgan fingerprint density at radius 1 is 0.627 bits per heavy atom. The molecule has 4 atom stereocenters. The van der Waals surface area contributed by atoms with E-state index in [0.717, 1.165) is 78.0 Å². The SMILES string of the molecule is Clc1ccc(CCN2CCN([C@@H](Cc3ccccc3)CN3CCCC3CN3CCNC[C@@H]3Cc3ccccc3)C[C@@H]2Cc2ccccc2)cc1Cl. The van der Waals surface area contributed by atoms with Crippen molar-refractivity contribution in [1.82, 2.24) is 24.9 Å². The Bertz CT molecular complexity index is 1620. The molecule has 0 spiro atoms. The second-order valence-electron chi connectivity index (χ2n) is 15.1. The molecule has 3 saturated heterocycles. The molecule has 1 unspecified atom stereocenters. The minimum Gasteiger partial charge on any atom is -0.314 e. The van der Waals surface area contributed by atoms with E-state index in [-0.39, 0.29) is 0 Å². The zero-order valence-electron chi connectivity index (χ0n) is 30.1. The summed E-state index contributed by atoms with van der Waals surface area (Å²) in [7, 11) is 0. The fourth-order valence-corrected chi connectivity index (χ4v) is 9.12. The number of hydrogen-bond acceptors (Lipinski definition) is 5. The number of rotatable bonds is 14. The lowest BCUT2D eigenvalue weighted by atomic mass is 9.97. The number of halogens is 2. The molecule has 5 nitrogen and oxygen atoms in total. The smallest absolute Gasteiger partial charge is 0.0595 e. The second kappa shape index (κ2) is 18.3. The van der Waals surface area contributed by atoms with Crippen LogP contribution >= 0.6 is 23.2 Å². The number of benzene rings is 4. The number of likely N-dealkylation sites (tertiary alicyclic amines) is 1. The standard InChI is InChI=1S/C44H55Cl2N5/c45-43-19-18-38(30-44(43)46)20-23-48-25-26-51(33-41(48)28-36-13-6-2-7-14-36)42(29-37-15-8-3-9-16-37)34-49-22-10-17-39(49)32-50-24-21-47-31-40(50)27-35-11-4-1-5-12-35/h1-9,11-16,18-19,30,39-42,47H,10,17,20-29,31-34H2/t39?,40-,41-,42-/m0/s1. The van der Waals surface area contributed by atoms with Gasteiger partial charge in [0.25, 0.3) is 0 Å². The first-order valence-corrected chi connectivity index (χ1v) is 20.1. The minimum absolute atomic E-state index is 0.455. The van der Waals surface area contributed by atoms with Gasteiger partial charge < -0.3 is 5.32 Å². The third-order valence-electron chi connectivity index (χ3n) is 11.6. The van der Waals surface area contributed by atoms with Crippen molar-refractivity contribution < 1.29 is 0 Å². The quantitative estimate of drug-likeness (QED) is 0.147. The van der Waals surface area contributed by atoms with Gasteiger partial charge in [-0.1, -0.05) is 120 Å². The van der Waals surface area contributed by atoms with Crippen LogP contribution in [0.4, 0.5) is 0 Å². The van der Waals surface area contributed by atoms with Crippen molar-refractivity contribution in [1.29, 1.82) is 0 Å². The van der Waals surface area contributed by atoms with E-state index < -0.39 is 0 Å². The van der Waals surface area contributed by atoms with Gasteiger partial charge in [0.1, 0.15) is 0 Å². The molecule has 7 rings (SSSR count). The molecule has 3 aliphatic heterocycles. The summed E-state index contributed by atoms with van der Waals surface area (Å²) in [4.78, 5) is 11.3. The number of nitrogens with zero attached hydrogens (tertiary/aromatic N) is 4. The van der Waals surface area contributed by atoms with E-state index in [4.69, 9.17) is 23.2 Å². The molecule has 51 heavy (non-hydrogen) atoms. The van der Waals surface area contributed by atoms with Crippen LogP contribution in [0, 0.1) is 0 Å². The van der Waals surface area contributed by atoms with Gasteiger partial charge in [0.15, 0.2) is 0 Å². The average Bonchev–Trinajstić information content (AvgIpc) is 3.60. The van der Waals surface area contributed by atoms with Crippen molar-refractivity contribution in [2.45, 2.75) is 62.7 Å². The number of piperazine rings is 2. The normalized spacial score (nSPS) is 23.1. The highest BCUT2D eigenvalue weighted by molar-refractivity contribution is 6.42. The Kier molecular flexibility index (Phi) is 13.2. The van der Waals surface area contributed by atoms with E-state index in [9.17, 15) is 0 Å². The van der Waals surface area contributed by atoms with E-state index in [1.807, 2.05) is 12.1 Å². The minimum atomic E-state index is 0.455. The van der Waals surface area contributed by atoms with Crippen LogP contribution in [0.25, 0.3) is 0 Å². The summed E-state index contributed by atoms with van der Waals surface area (Å²) in [6, 6.07) is 41.6. The molecule has 3 fully saturated rings. The van der Waals surface area contributed by atoms with Crippen molar-refractivity contribution in [3.8, 4) is 0 Å². The molecule has 0 aromatic heterocycles. The Labute approximate surface area is 316 Å². The van der Waals surface area contributed by atoms with Crippen LogP contribution in [0.15, 0.2) is 109 Å². The van der Waals surface area contributed by atoms with Gasteiger partial charge in [-0.25, -0.2) is 0 Å². The van der Waals surface area contributed by atoms with Gasteiger partial charge in [-0.2, -0.15) is 0 Å². The Hall–Kier alpha value is -2.74. The molecule has 0 radical (unpaired) electrons. The van der Waals surface area contributed by atoms with E-state index in [0.29, 0.717) is 34.2 Å². The molecule has 7 heteroatoms. The maximum absolute atomic E-state index is 6.40. The van der Waals surface area contributed by atoms with Crippen LogP contribution in [0.5, 0.6) is 0 Å². The molecule has 3 heterocycles. The molecular formula is C44H55Cl2N5. The molecule has 3 aliphatic rings. The zero-order valence-corrected chi connectivity index (χ0v) is 31.6. The summed E-state index contributed by atoms with van der Waals surface area (Å²) in [5.74, 6) is 0. The van der Waals surface area contributed by atoms with Crippen LogP contribution in [0.2, 0.25) is 10.0 Å². The molecule has 4 aromatic carbocycles. The summed E-state index contributed by atoms with van der Waals surface area (Å²) < 4.78 is 0. The molecule has 0 aliphatic carbocycles. The average molecular weight is 725 g/mol. The molecule has 0 amide bonds. The van der Waals surface area contributed by atoms with Crippen LogP contribution in [-0.2, 0) is 25.7 Å². The van der Waals surface area contributed by atoms with Crippen molar-refractivity contribution in [2.75, 3.05) is 65.4 Å². The Morgan fingerprint density at radius 2 is 1.31 bits per heavy atom. The maximum atomic E-state index is 6.40. The fourth-order valence-electron chi connectivity index (χ4n) is 8.80. The predicted molar refractivity (Wildman–Crippen MR) is 214 cm³/mol. The van der Waals surface area contributed by atoms with E-state index in [2.05, 4.69) is 122 Å². The lowest BCUT2D eigenvalue weighted by Gasteiger charge is -2.46. The van der Waals surface area contributed by atoms with Crippen molar-refractivity contribution in [3.05, 3.63) is 141 Å². The van der Waals surface area contributed by atoms with Crippen LogP contribution < -0.4 is 5.32 Å². The Morgan fingerprint density at radius 3 is 2.02 bits per heavy atom. The molecule has 0 bridgehead atoms. The first-order chi connectivity index (χ1) is 25.1. The van der Waals surface area contributed by atoms with Gasteiger partial charge in [0, 0.05) is 83.1 Å². The monoisotopic (exact) mass is 723 g/mol. The van der Waals surface area contributed by atoms with Gasteiger partial charge >= 0.3 is 0 Å². The van der Waals surface area contributed by atoms with Crippen molar-refractivity contribution in [2.24, 2.45) is 0 Å². The maximum Gasteiger partial charge on any atom is 0.0595 e.